The lowest BCUT2D eigenvalue weighted by atomic mass is 10.0. The van der Waals surface area contributed by atoms with E-state index in [1.807, 2.05) is 79.7 Å². The van der Waals surface area contributed by atoms with Gasteiger partial charge in [-0.15, -0.1) is 16.4 Å². The maximum absolute atomic E-state index is 13.7. The molecule has 38 heavy (non-hydrogen) atoms. The van der Waals surface area contributed by atoms with Gasteiger partial charge in [-0.3, -0.25) is 9.69 Å². The van der Waals surface area contributed by atoms with Gasteiger partial charge in [0.2, 0.25) is 0 Å². The van der Waals surface area contributed by atoms with Gasteiger partial charge in [-0.2, -0.15) is 0 Å². The molecular formula is C29H26N6O2S. The summed E-state index contributed by atoms with van der Waals surface area (Å²) in [5, 5.41) is 15.9. The van der Waals surface area contributed by atoms with Crippen LogP contribution >= 0.6 is 11.3 Å². The van der Waals surface area contributed by atoms with Crippen LogP contribution in [0.5, 0.6) is 0 Å². The van der Waals surface area contributed by atoms with Crippen molar-refractivity contribution in [1.29, 1.82) is 0 Å². The van der Waals surface area contributed by atoms with Crippen LogP contribution in [0.1, 0.15) is 39.2 Å². The van der Waals surface area contributed by atoms with Crippen LogP contribution in [0.25, 0.3) is 10.9 Å². The van der Waals surface area contributed by atoms with Crippen LogP contribution in [0.15, 0.2) is 99.7 Å². The van der Waals surface area contributed by atoms with E-state index in [0.29, 0.717) is 31.0 Å². The van der Waals surface area contributed by atoms with E-state index in [9.17, 15) is 4.79 Å². The number of aromatic amines is 1. The van der Waals surface area contributed by atoms with Gasteiger partial charge in [-0.05, 0) is 63.5 Å². The number of tetrazole rings is 1. The molecule has 4 heterocycles. The quantitative estimate of drug-likeness (QED) is 0.276. The highest BCUT2D eigenvalue weighted by atomic mass is 32.1. The Morgan fingerprint density at radius 1 is 1.03 bits per heavy atom. The minimum absolute atomic E-state index is 0.165. The fourth-order valence-corrected chi connectivity index (χ4v) is 5.55. The number of furan rings is 1. The van der Waals surface area contributed by atoms with Crippen molar-refractivity contribution in [2.45, 2.75) is 32.6 Å². The van der Waals surface area contributed by atoms with Gasteiger partial charge in [0.25, 0.3) is 5.56 Å². The van der Waals surface area contributed by atoms with Crippen molar-refractivity contribution in [2.24, 2.45) is 0 Å². The number of thiophene rings is 1. The van der Waals surface area contributed by atoms with Crippen LogP contribution in [0.4, 0.5) is 0 Å². The number of pyridine rings is 1. The van der Waals surface area contributed by atoms with Crippen molar-refractivity contribution >= 4 is 22.2 Å². The van der Waals surface area contributed by atoms with Gasteiger partial charge in [0.05, 0.1) is 24.9 Å². The van der Waals surface area contributed by atoms with E-state index in [1.165, 1.54) is 0 Å². The first kappa shape index (κ1) is 24.0. The molecule has 8 nitrogen and oxygen atoms in total. The minimum Gasteiger partial charge on any atom is -0.468 e. The third kappa shape index (κ3) is 4.93. The average molecular weight is 523 g/mol. The molecule has 0 saturated heterocycles. The number of benzene rings is 2. The molecule has 2 aromatic carbocycles. The number of rotatable bonds is 9. The van der Waals surface area contributed by atoms with Crippen molar-refractivity contribution in [1.82, 2.24) is 30.1 Å². The molecule has 190 valence electrons. The molecule has 0 amide bonds. The molecule has 6 rings (SSSR count). The zero-order valence-electron chi connectivity index (χ0n) is 20.8. The van der Waals surface area contributed by atoms with E-state index in [-0.39, 0.29) is 5.56 Å². The molecule has 0 saturated carbocycles. The Labute approximate surface area is 223 Å². The number of nitrogens with zero attached hydrogens (tertiary/aromatic N) is 5. The Balaban J connectivity index is 1.52. The second-order valence-corrected chi connectivity index (χ2v) is 10.3. The maximum Gasteiger partial charge on any atom is 0.253 e. The third-order valence-corrected chi connectivity index (χ3v) is 7.50. The molecular weight excluding hydrogens is 496 g/mol. The molecule has 1 N–H and O–H groups in total. The highest BCUT2D eigenvalue weighted by Gasteiger charge is 2.31. The van der Waals surface area contributed by atoms with Gasteiger partial charge in [0.15, 0.2) is 5.82 Å². The largest absolute Gasteiger partial charge is 0.468 e. The van der Waals surface area contributed by atoms with Gasteiger partial charge in [0.1, 0.15) is 11.8 Å². The Kier molecular flexibility index (Phi) is 6.68. The zero-order valence-corrected chi connectivity index (χ0v) is 21.6. The highest BCUT2D eigenvalue weighted by Crippen LogP contribution is 2.31. The first-order valence-electron chi connectivity index (χ1n) is 12.4. The summed E-state index contributed by atoms with van der Waals surface area (Å²) in [5.41, 5.74) is 3.33. The molecule has 0 aliphatic heterocycles. The molecule has 0 radical (unpaired) electrons. The summed E-state index contributed by atoms with van der Waals surface area (Å²) < 4.78 is 7.53. The lowest BCUT2D eigenvalue weighted by Crippen LogP contribution is -2.34. The number of hydrogen-bond acceptors (Lipinski definition) is 7. The molecule has 4 aromatic heterocycles. The predicted octanol–water partition coefficient (Wildman–Crippen LogP) is 5.32. The first-order valence-corrected chi connectivity index (χ1v) is 13.2. The van der Waals surface area contributed by atoms with Crippen LogP contribution < -0.4 is 5.56 Å². The predicted molar refractivity (Wildman–Crippen MR) is 147 cm³/mol. The number of aromatic nitrogens is 5. The van der Waals surface area contributed by atoms with Gasteiger partial charge in [-0.1, -0.05) is 54.6 Å². The second kappa shape index (κ2) is 10.6. The normalized spacial score (nSPS) is 12.4. The fraction of sp³-hybridized carbons (Fsp3) is 0.172. The molecule has 0 unspecified atom stereocenters. The zero-order chi connectivity index (χ0) is 25.9. The maximum atomic E-state index is 13.7. The van der Waals surface area contributed by atoms with Gasteiger partial charge >= 0.3 is 0 Å². The number of nitrogens with one attached hydrogen (secondary N) is 1. The highest BCUT2D eigenvalue weighted by molar-refractivity contribution is 7.09. The first-order chi connectivity index (χ1) is 18.7. The van der Waals surface area contributed by atoms with Gasteiger partial charge in [0, 0.05) is 17.0 Å². The summed E-state index contributed by atoms with van der Waals surface area (Å²) in [6.45, 7) is 3.54. The molecule has 0 spiro atoms. The van der Waals surface area contributed by atoms with Crippen molar-refractivity contribution in [3.05, 3.63) is 134 Å². The molecule has 0 aliphatic carbocycles. The molecule has 9 heteroatoms. The Bertz CT molecular complexity index is 1650. The Morgan fingerprint density at radius 2 is 1.92 bits per heavy atom. The van der Waals surface area contributed by atoms with E-state index in [4.69, 9.17) is 4.42 Å². The number of H-pyrrole nitrogens is 1. The van der Waals surface area contributed by atoms with Crippen molar-refractivity contribution in [3.63, 3.8) is 0 Å². The Hall–Kier alpha value is -4.34. The van der Waals surface area contributed by atoms with Crippen LogP contribution in [-0.2, 0) is 19.6 Å². The van der Waals surface area contributed by atoms with Crippen molar-refractivity contribution in [2.75, 3.05) is 0 Å². The number of aryl methyl sites for hydroxylation is 1. The van der Waals surface area contributed by atoms with Crippen LogP contribution in [0.2, 0.25) is 0 Å². The van der Waals surface area contributed by atoms with E-state index in [1.54, 1.807) is 22.3 Å². The molecule has 0 bridgehead atoms. The monoisotopic (exact) mass is 522 g/mol. The second-order valence-electron chi connectivity index (χ2n) is 9.24. The smallest absolute Gasteiger partial charge is 0.253 e. The third-order valence-electron chi connectivity index (χ3n) is 6.63. The van der Waals surface area contributed by atoms with Crippen molar-refractivity contribution in [3.8, 4) is 0 Å². The van der Waals surface area contributed by atoms with Crippen LogP contribution in [0, 0.1) is 6.92 Å². The summed E-state index contributed by atoms with van der Waals surface area (Å²) in [6, 6.07) is 25.4. The topological polar surface area (TPSA) is 92.8 Å². The van der Waals surface area contributed by atoms with Crippen LogP contribution in [0.3, 0.4) is 0 Å². The summed E-state index contributed by atoms with van der Waals surface area (Å²) in [5.74, 6) is 1.39. The van der Waals surface area contributed by atoms with E-state index in [0.717, 1.165) is 32.7 Å². The lowest BCUT2D eigenvalue weighted by Gasteiger charge is -2.30. The van der Waals surface area contributed by atoms with E-state index < -0.39 is 6.04 Å². The summed E-state index contributed by atoms with van der Waals surface area (Å²) in [6.07, 6.45) is 1.67. The minimum atomic E-state index is -0.533. The van der Waals surface area contributed by atoms with Crippen LogP contribution in [-0.4, -0.2) is 30.1 Å². The summed E-state index contributed by atoms with van der Waals surface area (Å²) in [7, 11) is 0. The SMILES string of the molecule is Cc1cccc2cc([C@H](c3nnnn3Cc3ccccc3)N(Cc3ccco3)Cc3cccs3)c(=O)[nH]c12. The molecule has 0 aliphatic rings. The van der Waals surface area contributed by atoms with E-state index in [2.05, 4.69) is 36.9 Å². The fourth-order valence-electron chi connectivity index (χ4n) is 4.82. The summed E-state index contributed by atoms with van der Waals surface area (Å²) >= 11 is 1.67. The van der Waals surface area contributed by atoms with Crippen molar-refractivity contribution < 1.29 is 4.42 Å². The molecule has 6 aromatic rings. The number of para-hydroxylation sites is 1. The van der Waals surface area contributed by atoms with E-state index >= 15 is 0 Å². The Morgan fingerprint density at radius 3 is 2.71 bits per heavy atom. The lowest BCUT2D eigenvalue weighted by molar-refractivity contribution is 0.181. The number of hydrogen-bond donors (Lipinski definition) is 1. The molecule has 1 atom stereocenters. The van der Waals surface area contributed by atoms with Gasteiger partial charge < -0.3 is 9.40 Å². The standard InChI is InChI=1S/C29H26N6O2S/c1-20-8-5-11-22-16-25(29(36)30-26(20)22)27(28-31-32-33-35(28)17-21-9-3-2-4-10-21)34(18-23-12-6-14-37-23)19-24-13-7-15-38-24/h2-16,27H,17-19H2,1H3,(H,30,36)/t27-/m1/s1. The average Bonchev–Trinajstić information content (AvgIpc) is 3.71. The molecule has 0 fully saturated rings. The van der Waals surface area contributed by atoms with Gasteiger partial charge in [-0.25, -0.2) is 4.68 Å². The summed E-state index contributed by atoms with van der Waals surface area (Å²) in [4.78, 5) is 20.2. The number of fused-ring (bicyclic) bond motifs is 1.